The van der Waals surface area contributed by atoms with Crippen molar-refractivity contribution in [2.75, 3.05) is 19.6 Å². The topological polar surface area (TPSA) is 84.5 Å². The Hall–Kier alpha value is -2.64. The summed E-state index contributed by atoms with van der Waals surface area (Å²) >= 11 is 0. The molecule has 2 amide bonds. The number of rotatable bonds is 3. The Morgan fingerprint density at radius 2 is 2.16 bits per heavy atom. The largest absolute Gasteiger partial charge is 0.347 e. The predicted molar refractivity (Wildman–Crippen MR) is 89.7 cm³/mol. The molecular weight excluding hydrogens is 322 g/mol. The van der Waals surface area contributed by atoms with Crippen molar-refractivity contribution in [1.29, 1.82) is 0 Å². The van der Waals surface area contributed by atoms with Crippen molar-refractivity contribution >= 4 is 11.8 Å². The van der Waals surface area contributed by atoms with E-state index in [2.05, 4.69) is 10.1 Å². The first-order valence-electron chi connectivity index (χ1n) is 8.51. The second kappa shape index (κ2) is 7.08. The molecule has 1 atom stereocenters. The van der Waals surface area contributed by atoms with E-state index in [-0.39, 0.29) is 11.8 Å². The molecule has 25 heavy (non-hydrogen) atoms. The number of aromatic nitrogens is 3. The van der Waals surface area contributed by atoms with Crippen LogP contribution >= 0.6 is 0 Å². The van der Waals surface area contributed by atoms with Crippen LogP contribution in [0.5, 0.6) is 0 Å². The Balaban J connectivity index is 1.90. The molecule has 3 rings (SSSR count). The van der Waals surface area contributed by atoms with E-state index in [1.54, 1.807) is 27.4 Å². The summed E-state index contributed by atoms with van der Waals surface area (Å²) in [6.45, 7) is 5.06. The monoisotopic (exact) mass is 345 g/mol. The van der Waals surface area contributed by atoms with E-state index in [4.69, 9.17) is 4.52 Å². The molecule has 0 radical (unpaired) electrons. The van der Waals surface area contributed by atoms with Crippen molar-refractivity contribution in [1.82, 2.24) is 24.5 Å². The highest BCUT2D eigenvalue weighted by atomic mass is 16.5. The van der Waals surface area contributed by atoms with Gasteiger partial charge in [-0.3, -0.25) is 9.59 Å². The van der Waals surface area contributed by atoms with Crippen LogP contribution in [0, 0.1) is 6.92 Å². The van der Waals surface area contributed by atoms with E-state index in [1.165, 1.54) is 0 Å². The number of hydrogen-bond donors (Lipinski definition) is 0. The van der Waals surface area contributed by atoms with Gasteiger partial charge in [0.1, 0.15) is 11.7 Å². The van der Waals surface area contributed by atoms with Gasteiger partial charge < -0.3 is 18.9 Å². The van der Waals surface area contributed by atoms with Gasteiger partial charge in [-0.05, 0) is 25.5 Å². The molecule has 1 saturated heterocycles. The lowest BCUT2D eigenvalue weighted by Gasteiger charge is -2.29. The highest BCUT2D eigenvalue weighted by Crippen LogP contribution is 2.25. The van der Waals surface area contributed by atoms with Gasteiger partial charge >= 0.3 is 0 Å². The summed E-state index contributed by atoms with van der Waals surface area (Å²) in [4.78, 5) is 33.1. The van der Waals surface area contributed by atoms with E-state index in [9.17, 15) is 9.59 Å². The van der Waals surface area contributed by atoms with Crippen LogP contribution in [0.15, 0.2) is 22.9 Å². The molecule has 0 N–H and O–H groups in total. The van der Waals surface area contributed by atoms with Gasteiger partial charge in [0.15, 0.2) is 5.82 Å². The molecule has 0 aliphatic carbocycles. The Morgan fingerprint density at radius 3 is 2.76 bits per heavy atom. The normalized spacial score (nSPS) is 18.3. The van der Waals surface area contributed by atoms with Gasteiger partial charge in [-0.2, -0.15) is 4.98 Å². The minimum Gasteiger partial charge on any atom is -0.347 e. The van der Waals surface area contributed by atoms with E-state index in [1.807, 2.05) is 26.2 Å². The van der Waals surface area contributed by atoms with Crippen molar-refractivity contribution in [3.05, 3.63) is 35.7 Å². The van der Waals surface area contributed by atoms with Gasteiger partial charge in [-0.15, -0.1) is 0 Å². The smallest absolute Gasteiger partial charge is 0.270 e. The van der Waals surface area contributed by atoms with Gasteiger partial charge in [-0.25, -0.2) is 0 Å². The molecule has 8 nitrogen and oxygen atoms in total. The summed E-state index contributed by atoms with van der Waals surface area (Å²) in [5, 5.41) is 3.84. The summed E-state index contributed by atoms with van der Waals surface area (Å²) in [5.41, 5.74) is 0.621. The highest BCUT2D eigenvalue weighted by Gasteiger charge is 2.34. The summed E-state index contributed by atoms with van der Waals surface area (Å²) < 4.78 is 7.13. The maximum Gasteiger partial charge on any atom is 0.270 e. The zero-order chi connectivity index (χ0) is 18.0. The lowest BCUT2D eigenvalue weighted by molar-refractivity contribution is -0.133. The van der Waals surface area contributed by atoms with Crippen molar-refractivity contribution < 1.29 is 14.1 Å². The van der Waals surface area contributed by atoms with Crippen molar-refractivity contribution in [3.8, 4) is 0 Å². The fraction of sp³-hybridized carbons (Fsp3) is 0.529. The number of carbonyl (C=O) groups excluding carboxylic acids is 2. The number of hydrogen-bond acceptors (Lipinski definition) is 5. The van der Waals surface area contributed by atoms with Gasteiger partial charge in [0.25, 0.3) is 11.8 Å². The Bertz CT molecular complexity index is 766. The first-order chi connectivity index (χ1) is 12.0. The highest BCUT2D eigenvalue weighted by molar-refractivity contribution is 5.92. The van der Waals surface area contributed by atoms with Gasteiger partial charge in [0.05, 0.1) is 6.54 Å². The number of nitrogens with zero attached hydrogens (tertiary/aromatic N) is 5. The second-order valence-corrected chi connectivity index (χ2v) is 6.25. The molecule has 8 heteroatoms. The van der Waals surface area contributed by atoms with E-state index in [0.717, 1.165) is 0 Å². The van der Waals surface area contributed by atoms with Crippen molar-refractivity contribution in [2.24, 2.45) is 7.05 Å². The molecule has 0 saturated carbocycles. The van der Waals surface area contributed by atoms with Crippen LogP contribution in [-0.4, -0.2) is 56.0 Å². The lowest BCUT2D eigenvalue weighted by Crippen LogP contribution is -2.40. The fourth-order valence-electron chi connectivity index (χ4n) is 3.18. The van der Waals surface area contributed by atoms with Crippen LogP contribution in [0.2, 0.25) is 0 Å². The van der Waals surface area contributed by atoms with Crippen LogP contribution in [0.25, 0.3) is 0 Å². The molecule has 1 fully saturated rings. The molecule has 0 aromatic carbocycles. The number of amides is 2. The molecule has 1 unspecified atom stereocenters. The van der Waals surface area contributed by atoms with E-state index >= 15 is 0 Å². The molecule has 3 heterocycles. The molecule has 1 aliphatic rings. The molecule has 0 bridgehead atoms. The minimum absolute atomic E-state index is 0.0222. The maximum absolute atomic E-state index is 12.9. The second-order valence-electron chi connectivity index (χ2n) is 6.25. The van der Waals surface area contributed by atoms with Crippen LogP contribution in [0.4, 0.5) is 0 Å². The van der Waals surface area contributed by atoms with Crippen LogP contribution < -0.4 is 0 Å². The van der Waals surface area contributed by atoms with E-state index in [0.29, 0.717) is 49.9 Å². The lowest BCUT2D eigenvalue weighted by atomic mass is 10.2. The average Bonchev–Trinajstić information content (AvgIpc) is 3.15. The van der Waals surface area contributed by atoms with Crippen LogP contribution in [-0.2, 0) is 11.8 Å². The first kappa shape index (κ1) is 17.2. The first-order valence-corrected chi connectivity index (χ1v) is 8.51. The zero-order valence-electron chi connectivity index (χ0n) is 14.8. The summed E-state index contributed by atoms with van der Waals surface area (Å²) in [5.74, 6) is 0.864. The number of aryl methyl sites for hydroxylation is 2. The third-order valence-electron chi connectivity index (χ3n) is 4.50. The van der Waals surface area contributed by atoms with E-state index < -0.39 is 6.04 Å². The quantitative estimate of drug-likeness (QED) is 0.842. The summed E-state index contributed by atoms with van der Waals surface area (Å²) in [6, 6.07) is 3.23. The summed E-state index contributed by atoms with van der Waals surface area (Å²) in [7, 11) is 1.84. The SMILES string of the molecule is CCC(=O)N1CCCN(C(=O)c2cccn2C)CC1c1nc(C)no1. The third kappa shape index (κ3) is 3.42. The van der Waals surface area contributed by atoms with Crippen molar-refractivity contribution in [2.45, 2.75) is 32.7 Å². The maximum atomic E-state index is 12.9. The third-order valence-corrected chi connectivity index (χ3v) is 4.50. The van der Waals surface area contributed by atoms with Crippen molar-refractivity contribution in [3.63, 3.8) is 0 Å². The van der Waals surface area contributed by atoms with Gasteiger partial charge in [0, 0.05) is 32.8 Å². The van der Waals surface area contributed by atoms with Gasteiger partial charge in [-0.1, -0.05) is 12.1 Å². The molecule has 134 valence electrons. The van der Waals surface area contributed by atoms with Crippen LogP contribution in [0.1, 0.15) is 48.0 Å². The summed E-state index contributed by atoms with van der Waals surface area (Å²) in [6.07, 6.45) is 2.96. The predicted octanol–water partition coefficient (Wildman–Crippen LogP) is 1.54. The molecule has 2 aromatic rings. The Morgan fingerprint density at radius 1 is 1.36 bits per heavy atom. The molecule has 2 aromatic heterocycles. The molecule has 0 spiro atoms. The standard InChI is InChI=1S/C17H23N5O3/c1-4-15(23)22-10-6-9-21(17(24)13-7-5-8-20(13)3)11-14(22)16-18-12(2)19-25-16/h5,7-8,14H,4,6,9-11H2,1-3H3. The minimum atomic E-state index is -0.416. The van der Waals surface area contributed by atoms with Gasteiger partial charge in [0.2, 0.25) is 5.91 Å². The Kier molecular flexibility index (Phi) is 4.87. The molecular formula is C17H23N5O3. The number of carbonyl (C=O) groups is 2. The zero-order valence-corrected chi connectivity index (χ0v) is 14.8. The van der Waals surface area contributed by atoms with Crippen LogP contribution in [0.3, 0.4) is 0 Å². The molecule has 1 aliphatic heterocycles. The Labute approximate surface area is 146 Å². The fourth-order valence-corrected chi connectivity index (χ4v) is 3.18. The average molecular weight is 345 g/mol.